The second kappa shape index (κ2) is 10.8. The molecule has 1 amide bonds. The van der Waals surface area contributed by atoms with Crippen molar-refractivity contribution in [3.63, 3.8) is 0 Å². The second-order valence-electron chi connectivity index (χ2n) is 11.7. The van der Waals surface area contributed by atoms with Crippen molar-refractivity contribution in [1.82, 2.24) is 4.90 Å². The molecule has 2 aliphatic rings. The maximum Gasteiger partial charge on any atom is 0.414 e. The van der Waals surface area contributed by atoms with Crippen LogP contribution in [0, 0.1) is 11.7 Å². The topological polar surface area (TPSA) is 98.9 Å². The first-order chi connectivity index (χ1) is 18.5. The molecular formula is C28H34F4N2O5S. The number of amides is 1. The molecule has 2 saturated heterocycles. The number of carbonyl (C=O) groups is 1. The molecular weight excluding hydrogens is 552 g/mol. The standard InChI is InChI=1S/C28H34F4N2O5S/c1-27(2,3)20-7-5-6-16(10-20)13-34-22-15-40(36,37)14-19(25(22)39-26(34)35)9-17-8-18(24(33)21(29)11-17)12-23(38-4)28(30,31)32/h5-8,10-11,19,22-23,25H,9,12-15,33H2,1-4H3/t19-,22+,23?,25+/m1/s1. The lowest BCUT2D eigenvalue weighted by Gasteiger charge is -2.34. The van der Waals surface area contributed by atoms with Gasteiger partial charge in [0.15, 0.2) is 15.9 Å². The number of rotatable bonds is 7. The predicted molar refractivity (Wildman–Crippen MR) is 142 cm³/mol. The van der Waals surface area contributed by atoms with E-state index >= 15 is 0 Å². The van der Waals surface area contributed by atoms with E-state index < -0.39 is 64.2 Å². The van der Waals surface area contributed by atoms with Crippen molar-refractivity contribution in [2.45, 2.75) is 70.0 Å². The molecule has 0 bridgehead atoms. The monoisotopic (exact) mass is 586 g/mol. The van der Waals surface area contributed by atoms with Crippen LogP contribution in [0.1, 0.15) is 43.0 Å². The number of methoxy groups -OCH3 is 1. The number of benzene rings is 2. The molecule has 4 atom stereocenters. The van der Waals surface area contributed by atoms with E-state index in [0.717, 1.165) is 24.3 Å². The summed E-state index contributed by atoms with van der Waals surface area (Å²) in [6, 6.07) is 9.36. The molecule has 0 spiro atoms. The van der Waals surface area contributed by atoms with Crippen molar-refractivity contribution in [3.8, 4) is 0 Å². The number of ether oxygens (including phenoxy) is 2. The number of hydrogen-bond donors (Lipinski definition) is 1. The highest BCUT2D eigenvalue weighted by Crippen LogP contribution is 2.36. The largest absolute Gasteiger partial charge is 0.444 e. The first-order valence-electron chi connectivity index (χ1n) is 12.9. The van der Waals surface area contributed by atoms with Crippen molar-refractivity contribution >= 4 is 21.6 Å². The minimum Gasteiger partial charge on any atom is -0.444 e. The van der Waals surface area contributed by atoms with E-state index in [2.05, 4.69) is 25.5 Å². The van der Waals surface area contributed by atoms with Crippen LogP contribution in [-0.2, 0) is 44.1 Å². The average molecular weight is 587 g/mol. The molecule has 2 fully saturated rings. The Hall–Kier alpha value is -2.86. The lowest BCUT2D eigenvalue weighted by molar-refractivity contribution is -0.211. The fraction of sp³-hybridized carbons (Fsp3) is 0.536. The van der Waals surface area contributed by atoms with E-state index in [4.69, 9.17) is 10.5 Å². The predicted octanol–water partition coefficient (Wildman–Crippen LogP) is 4.80. The van der Waals surface area contributed by atoms with Crippen molar-refractivity contribution < 1.29 is 40.2 Å². The quantitative estimate of drug-likeness (QED) is 0.370. The fourth-order valence-electron chi connectivity index (χ4n) is 5.47. The summed E-state index contributed by atoms with van der Waals surface area (Å²) >= 11 is 0. The van der Waals surface area contributed by atoms with Crippen molar-refractivity contribution in [2.24, 2.45) is 5.92 Å². The third-order valence-electron chi connectivity index (χ3n) is 7.58. The SMILES string of the molecule is COC(Cc1cc(C[C@@H]2CS(=O)(=O)C[C@H]3[C@H]2OC(=O)N3Cc2cccc(C(C)(C)C)c2)cc(F)c1N)C(F)(F)F. The number of nitrogen functional groups attached to an aromatic ring is 1. The van der Waals surface area contributed by atoms with Crippen LogP contribution >= 0.6 is 0 Å². The lowest BCUT2D eigenvalue weighted by Crippen LogP contribution is -2.51. The number of halogens is 4. The maximum atomic E-state index is 14.7. The highest BCUT2D eigenvalue weighted by molar-refractivity contribution is 7.91. The molecule has 220 valence electrons. The summed E-state index contributed by atoms with van der Waals surface area (Å²) in [6.45, 7) is 6.35. The third-order valence-corrected chi connectivity index (χ3v) is 9.37. The molecule has 2 aromatic carbocycles. The van der Waals surface area contributed by atoms with Gasteiger partial charge < -0.3 is 15.2 Å². The summed E-state index contributed by atoms with van der Waals surface area (Å²) in [5.41, 5.74) is 7.23. The van der Waals surface area contributed by atoms with E-state index in [9.17, 15) is 30.8 Å². The molecule has 40 heavy (non-hydrogen) atoms. The zero-order valence-electron chi connectivity index (χ0n) is 22.8. The van der Waals surface area contributed by atoms with Crippen LogP contribution in [0.3, 0.4) is 0 Å². The van der Waals surface area contributed by atoms with Gasteiger partial charge in [0.2, 0.25) is 0 Å². The number of alkyl halides is 3. The van der Waals surface area contributed by atoms with Crippen LogP contribution in [0.15, 0.2) is 36.4 Å². The molecule has 0 saturated carbocycles. The van der Waals surface area contributed by atoms with E-state index in [1.165, 1.54) is 11.0 Å². The zero-order valence-corrected chi connectivity index (χ0v) is 23.6. The number of nitrogens with two attached hydrogens (primary N) is 1. The minimum atomic E-state index is -4.69. The first kappa shape index (κ1) is 30.1. The smallest absolute Gasteiger partial charge is 0.414 e. The number of carbonyl (C=O) groups excluding carboxylic acids is 1. The Morgan fingerprint density at radius 1 is 1.12 bits per heavy atom. The van der Waals surface area contributed by atoms with Crippen LogP contribution in [0.25, 0.3) is 0 Å². The van der Waals surface area contributed by atoms with E-state index in [-0.39, 0.29) is 41.0 Å². The van der Waals surface area contributed by atoms with Gasteiger partial charge in [0.25, 0.3) is 0 Å². The number of nitrogens with zero attached hydrogens (tertiary/aromatic N) is 1. The Labute approximate surface area is 231 Å². The number of hydrogen-bond acceptors (Lipinski definition) is 6. The second-order valence-corrected chi connectivity index (χ2v) is 13.8. The van der Waals surface area contributed by atoms with E-state index in [0.29, 0.717) is 0 Å². The molecule has 0 radical (unpaired) electrons. The Bertz CT molecular complexity index is 1370. The molecule has 2 N–H and O–H groups in total. The van der Waals surface area contributed by atoms with E-state index in [1.54, 1.807) is 0 Å². The van der Waals surface area contributed by atoms with Gasteiger partial charge >= 0.3 is 12.3 Å². The van der Waals surface area contributed by atoms with Gasteiger partial charge in [0, 0.05) is 26.0 Å². The highest BCUT2D eigenvalue weighted by Gasteiger charge is 2.52. The van der Waals surface area contributed by atoms with Gasteiger partial charge in [-0.1, -0.05) is 51.1 Å². The molecule has 1 unspecified atom stereocenters. The highest BCUT2D eigenvalue weighted by atomic mass is 32.2. The maximum absolute atomic E-state index is 14.7. The van der Waals surface area contributed by atoms with E-state index in [1.807, 2.05) is 24.3 Å². The summed E-state index contributed by atoms with van der Waals surface area (Å²) in [5.74, 6) is -2.22. The van der Waals surface area contributed by atoms with Gasteiger partial charge in [-0.25, -0.2) is 17.6 Å². The van der Waals surface area contributed by atoms with Crippen LogP contribution in [0.2, 0.25) is 0 Å². The summed E-state index contributed by atoms with van der Waals surface area (Å²) in [7, 11) is -2.71. The summed E-state index contributed by atoms with van der Waals surface area (Å²) < 4.78 is 90.6. The number of fused-ring (bicyclic) bond motifs is 1. The lowest BCUT2D eigenvalue weighted by atomic mass is 9.86. The Kier molecular flexibility index (Phi) is 8.16. The minimum absolute atomic E-state index is 0.0328. The van der Waals surface area contributed by atoms with Gasteiger partial charge in [0.05, 0.1) is 23.2 Å². The zero-order chi connectivity index (χ0) is 29.6. The van der Waals surface area contributed by atoms with Crippen LogP contribution < -0.4 is 5.73 Å². The van der Waals surface area contributed by atoms with Crippen LogP contribution in [0.4, 0.5) is 28.0 Å². The van der Waals surface area contributed by atoms with Crippen LogP contribution in [0.5, 0.6) is 0 Å². The Morgan fingerprint density at radius 3 is 2.45 bits per heavy atom. The normalized spacial score (nSPS) is 23.6. The molecule has 0 aliphatic carbocycles. The van der Waals surface area contributed by atoms with Gasteiger partial charge in [0.1, 0.15) is 11.9 Å². The Morgan fingerprint density at radius 2 is 1.82 bits per heavy atom. The molecule has 2 aromatic rings. The van der Waals surface area contributed by atoms with Crippen molar-refractivity contribution in [3.05, 3.63) is 64.5 Å². The third kappa shape index (κ3) is 6.54. The van der Waals surface area contributed by atoms with Gasteiger partial charge in [-0.2, -0.15) is 13.2 Å². The molecule has 2 heterocycles. The number of anilines is 1. The fourth-order valence-corrected chi connectivity index (χ4v) is 7.45. The molecule has 4 rings (SSSR count). The van der Waals surface area contributed by atoms with Crippen molar-refractivity contribution in [1.29, 1.82) is 0 Å². The van der Waals surface area contributed by atoms with Crippen LogP contribution in [-0.4, -0.2) is 62.5 Å². The molecule has 0 aromatic heterocycles. The molecule has 12 heteroatoms. The summed E-state index contributed by atoms with van der Waals surface area (Å²) in [5, 5.41) is 0. The molecule has 2 aliphatic heterocycles. The Balaban J connectivity index is 1.59. The summed E-state index contributed by atoms with van der Waals surface area (Å²) in [6.07, 6.45) is -9.04. The van der Waals surface area contributed by atoms with Gasteiger partial charge in [-0.05, 0) is 40.2 Å². The van der Waals surface area contributed by atoms with Gasteiger partial charge in [-0.15, -0.1) is 0 Å². The average Bonchev–Trinajstić information content (AvgIpc) is 3.13. The summed E-state index contributed by atoms with van der Waals surface area (Å²) in [4.78, 5) is 14.4. The number of sulfone groups is 1. The first-order valence-corrected chi connectivity index (χ1v) is 14.7. The molecule has 7 nitrogen and oxygen atoms in total. The van der Waals surface area contributed by atoms with Gasteiger partial charge in [-0.3, -0.25) is 4.90 Å². The van der Waals surface area contributed by atoms with Crippen molar-refractivity contribution in [2.75, 3.05) is 24.3 Å².